The predicted octanol–water partition coefficient (Wildman–Crippen LogP) is 3.15. The molecule has 4 nitrogen and oxygen atoms in total. The van der Waals surface area contributed by atoms with E-state index in [9.17, 15) is 8.42 Å². The molecule has 0 saturated carbocycles. The van der Waals surface area contributed by atoms with Crippen molar-refractivity contribution in [2.75, 3.05) is 6.61 Å². The van der Waals surface area contributed by atoms with Gasteiger partial charge in [-0.2, -0.15) is 0 Å². The first-order chi connectivity index (χ1) is 11.3. The van der Waals surface area contributed by atoms with Crippen LogP contribution in [0.25, 0.3) is 0 Å². The van der Waals surface area contributed by atoms with E-state index in [-0.39, 0.29) is 6.04 Å². The molecule has 128 valence electrons. The highest BCUT2D eigenvalue weighted by atomic mass is 32.2. The van der Waals surface area contributed by atoms with Crippen LogP contribution in [0.15, 0.2) is 41.3 Å². The SMILES string of the molecule is Cc1ccc(S(=O)(=O)NC(C)Cc2ccc3c(c2)CCO3)c(C)c1. The van der Waals surface area contributed by atoms with Crippen molar-refractivity contribution in [1.82, 2.24) is 4.72 Å². The molecule has 3 rings (SSSR count). The van der Waals surface area contributed by atoms with Gasteiger partial charge in [-0.05, 0) is 56.0 Å². The smallest absolute Gasteiger partial charge is 0.241 e. The zero-order chi connectivity index (χ0) is 17.3. The number of aryl methyl sites for hydroxylation is 2. The molecule has 2 aromatic carbocycles. The molecule has 0 bridgehead atoms. The van der Waals surface area contributed by atoms with E-state index in [1.165, 1.54) is 5.56 Å². The van der Waals surface area contributed by atoms with Gasteiger partial charge in [-0.15, -0.1) is 0 Å². The molecule has 0 aliphatic carbocycles. The number of fused-ring (bicyclic) bond motifs is 1. The Morgan fingerprint density at radius 2 is 1.96 bits per heavy atom. The first-order valence-electron chi connectivity index (χ1n) is 8.19. The largest absolute Gasteiger partial charge is 0.493 e. The first-order valence-corrected chi connectivity index (χ1v) is 9.67. The van der Waals surface area contributed by atoms with Gasteiger partial charge >= 0.3 is 0 Å². The number of ether oxygens (including phenoxy) is 1. The Hall–Kier alpha value is -1.85. The minimum atomic E-state index is -3.51. The summed E-state index contributed by atoms with van der Waals surface area (Å²) in [5.41, 5.74) is 4.15. The lowest BCUT2D eigenvalue weighted by atomic mass is 10.0. The highest BCUT2D eigenvalue weighted by Crippen LogP contribution is 2.26. The van der Waals surface area contributed by atoms with Crippen LogP contribution in [0, 0.1) is 13.8 Å². The van der Waals surface area contributed by atoms with Gasteiger partial charge in [0.1, 0.15) is 5.75 Å². The van der Waals surface area contributed by atoms with E-state index in [4.69, 9.17) is 4.74 Å². The number of sulfonamides is 1. The highest BCUT2D eigenvalue weighted by Gasteiger charge is 2.20. The molecule has 0 aromatic heterocycles. The van der Waals surface area contributed by atoms with Crippen LogP contribution in [0.4, 0.5) is 0 Å². The van der Waals surface area contributed by atoms with Crippen LogP contribution >= 0.6 is 0 Å². The van der Waals surface area contributed by atoms with Gasteiger partial charge in [-0.25, -0.2) is 13.1 Å². The quantitative estimate of drug-likeness (QED) is 0.906. The molecule has 0 spiro atoms. The summed E-state index contributed by atoms with van der Waals surface area (Å²) >= 11 is 0. The van der Waals surface area contributed by atoms with Gasteiger partial charge in [0, 0.05) is 12.5 Å². The molecule has 24 heavy (non-hydrogen) atoms. The summed E-state index contributed by atoms with van der Waals surface area (Å²) in [6.07, 6.45) is 1.57. The molecular formula is C19H23NO3S. The van der Waals surface area contributed by atoms with Crippen LogP contribution in [0.5, 0.6) is 5.75 Å². The van der Waals surface area contributed by atoms with Gasteiger partial charge in [-0.1, -0.05) is 29.8 Å². The molecule has 1 heterocycles. The lowest BCUT2D eigenvalue weighted by molar-refractivity contribution is 0.357. The van der Waals surface area contributed by atoms with Gasteiger partial charge in [0.2, 0.25) is 10.0 Å². The van der Waals surface area contributed by atoms with Gasteiger partial charge in [-0.3, -0.25) is 0 Å². The molecule has 1 aliphatic rings. The van der Waals surface area contributed by atoms with Crippen molar-refractivity contribution in [3.63, 3.8) is 0 Å². The van der Waals surface area contributed by atoms with E-state index in [0.29, 0.717) is 11.3 Å². The van der Waals surface area contributed by atoms with Gasteiger partial charge in [0.15, 0.2) is 0 Å². The molecule has 0 radical (unpaired) electrons. The summed E-state index contributed by atoms with van der Waals surface area (Å²) in [5, 5.41) is 0. The molecule has 1 unspecified atom stereocenters. The third-order valence-corrected chi connectivity index (χ3v) is 6.02. The molecule has 2 aromatic rings. The summed E-state index contributed by atoms with van der Waals surface area (Å²) in [6, 6.07) is 11.3. The summed E-state index contributed by atoms with van der Waals surface area (Å²) in [6.45, 7) is 6.40. The van der Waals surface area contributed by atoms with Crippen molar-refractivity contribution in [2.45, 2.75) is 44.6 Å². The Labute approximate surface area is 143 Å². The Morgan fingerprint density at radius 1 is 1.17 bits per heavy atom. The van der Waals surface area contributed by atoms with E-state index in [2.05, 4.69) is 10.8 Å². The van der Waals surface area contributed by atoms with Crippen LogP contribution < -0.4 is 9.46 Å². The molecule has 1 aliphatic heterocycles. The Morgan fingerprint density at radius 3 is 2.71 bits per heavy atom. The molecule has 0 fully saturated rings. The molecule has 1 atom stereocenters. The number of benzene rings is 2. The third kappa shape index (κ3) is 3.62. The zero-order valence-corrected chi connectivity index (χ0v) is 15.1. The molecule has 0 amide bonds. The van der Waals surface area contributed by atoms with Crippen LogP contribution in [0.1, 0.15) is 29.2 Å². The minimum absolute atomic E-state index is 0.184. The number of nitrogens with one attached hydrogen (secondary N) is 1. The second-order valence-corrected chi connectivity index (χ2v) is 8.22. The van der Waals surface area contributed by atoms with E-state index in [0.717, 1.165) is 35.5 Å². The normalized spacial score (nSPS) is 15.0. The fourth-order valence-electron chi connectivity index (χ4n) is 3.19. The second-order valence-electron chi connectivity index (χ2n) is 6.54. The van der Waals surface area contributed by atoms with E-state index >= 15 is 0 Å². The van der Waals surface area contributed by atoms with Crippen molar-refractivity contribution >= 4 is 10.0 Å². The number of hydrogen-bond acceptors (Lipinski definition) is 3. The second kappa shape index (κ2) is 6.57. The lowest BCUT2D eigenvalue weighted by Gasteiger charge is -2.16. The Kier molecular flexibility index (Phi) is 4.65. The van der Waals surface area contributed by atoms with E-state index in [1.54, 1.807) is 6.07 Å². The maximum absolute atomic E-state index is 12.6. The predicted molar refractivity (Wildman–Crippen MR) is 95.0 cm³/mol. The van der Waals surface area contributed by atoms with Gasteiger partial charge < -0.3 is 4.74 Å². The summed E-state index contributed by atoms with van der Waals surface area (Å²) in [7, 11) is -3.51. The van der Waals surface area contributed by atoms with Crippen molar-refractivity contribution < 1.29 is 13.2 Å². The molecular weight excluding hydrogens is 322 g/mol. The van der Waals surface area contributed by atoms with E-state index in [1.807, 2.05) is 45.0 Å². The van der Waals surface area contributed by atoms with E-state index < -0.39 is 10.0 Å². The number of rotatable bonds is 5. The topological polar surface area (TPSA) is 55.4 Å². The molecule has 0 saturated heterocycles. The Bertz CT molecular complexity index is 859. The minimum Gasteiger partial charge on any atom is -0.493 e. The van der Waals surface area contributed by atoms with Crippen molar-refractivity contribution in [1.29, 1.82) is 0 Å². The standard InChI is InChI=1S/C19H23NO3S/c1-13-4-7-19(14(2)10-13)24(21,22)20-15(3)11-16-5-6-18-17(12-16)8-9-23-18/h4-7,10,12,15,20H,8-9,11H2,1-3H3. The maximum Gasteiger partial charge on any atom is 0.241 e. The summed E-state index contributed by atoms with van der Waals surface area (Å²) < 4.78 is 33.5. The lowest BCUT2D eigenvalue weighted by Crippen LogP contribution is -2.34. The number of hydrogen-bond donors (Lipinski definition) is 1. The highest BCUT2D eigenvalue weighted by molar-refractivity contribution is 7.89. The van der Waals surface area contributed by atoms with Crippen molar-refractivity contribution in [2.24, 2.45) is 0 Å². The Balaban J connectivity index is 1.72. The molecule has 1 N–H and O–H groups in total. The average Bonchev–Trinajstić information content (AvgIpc) is 2.93. The zero-order valence-electron chi connectivity index (χ0n) is 14.3. The maximum atomic E-state index is 12.6. The van der Waals surface area contributed by atoms with Crippen LogP contribution in [-0.4, -0.2) is 21.1 Å². The first kappa shape index (κ1) is 17.0. The third-order valence-electron chi connectivity index (χ3n) is 4.27. The fourth-order valence-corrected chi connectivity index (χ4v) is 4.66. The van der Waals surface area contributed by atoms with Gasteiger partial charge in [0.05, 0.1) is 11.5 Å². The summed E-state index contributed by atoms with van der Waals surface area (Å²) in [5.74, 6) is 0.947. The van der Waals surface area contributed by atoms with Crippen molar-refractivity contribution in [3.05, 3.63) is 58.7 Å². The van der Waals surface area contributed by atoms with Crippen LogP contribution in [0.3, 0.4) is 0 Å². The van der Waals surface area contributed by atoms with Crippen LogP contribution in [-0.2, 0) is 22.9 Å². The molecule has 5 heteroatoms. The van der Waals surface area contributed by atoms with Crippen molar-refractivity contribution in [3.8, 4) is 5.75 Å². The van der Waals surface area contributed by atoms with Gasteiger partial charge in [0.25, 0.3) is 0 Å². The average molecular weight is 345 g/mol. The summed E-state index contributed by atoms with van der Waals surface area (Å²) in [4.78, 5) is 0.349. The van der Waals surface area contributed by atoms with Crippen LogP contribution in [0.2, 0.25) is 0 Å². The monoisotopic (exact) mass is 345 g/mol. The fraction of sp³-hybridized carbons (Fsp3) is 0.368.